The van der Waals surface area contributed by atoms with Gasteiger partial charge in [-0.25, -0.2) is 9.78 Å². The molecule has 2 rings (SSSR count). The van der Waals surface area contributed by atoms with E-state index in [1.165, 1.54) is 0 Å². The highest BCUT2D eigenvalue weighted by Crippen LogP contribution is 2.31. The van der Waals surface area contributed by atoms with Crippen LogP contribution in [-0.4, -0.2) is 28.1 Å². The average Bonchev–Trinajstić information content (AvgIpc) is 2.59. The van der Waals surface area contributed by atoms with Crippen molar-refractivity contribution in [2.75, 3.05) is 5.32 Å². The number of halogens is 6. The molecule has 1 aromatic heterocycles. The zero-order chi connectivity index (χ0) is 21.3. The predicted octanol–water partition coefficient (Wildman–Crippen LogP) is 3.61. The maximum Gasteiger partial charge on any atom is 0.416 e. The molecule has 0 bridgehead atoms. The predicted molar refractivity (Wildman–Crippen MR) is 83.6 cm³/mol. The third-order valence-corrected chi connectivity index (χ3v) is 3.51. The van der Waals surface area contributed by atoms with Crippen LogP contribution in [0.1, 0.15) is 38.0 Å². The van der Waals surface area contributed by atoms with Crippen molar-refractivity contribution in [1.82, 2.24) is 4.98 Å². The van der Waals surface area contributed by atoms with Crippen molar-refractivity contribution >= 4 is 17.7 Å². The van der Waals surface area contributed by atoms with E-state index in [4.69, 9.17) is 10.8 Å². The van der Waals surface area contributed by atoms with E-state index >= 15 is 0 Å². The number of nitrogens with two attached hydrogens (primary N) is 1. The lowest BCUT2D eigenvalue weighted by Crippen LogP contribution is -2.29. The molecule has 0 spiro atoms. The van der Waals surface area contributed by atoms with Crippen LogP contribution in [-0.2, 0) is 6.18 Å². The number of nitrogens with one attached hydrogen (secondary N) is 1. The van der Waals surface area contributed by atoms with E-state index in [1.54, 1.807) is 0 Å². The van der Waals surface area contributed by atoms with Crippen LogP contribution in [0, 0.1) is 0 Å². The SMILES string of the molecule is N[C@@H](c1cccc(NC(=O)c2ccc(C(F)(F)F)cc2C(=O)O)n1)C(F)(F)F. The van der Waals surface area contributed by atoms with Crippen LogP contribution in [0.2, 0.25) is 0 Å². The zero-order valence-electron chi connectivity index (χ0n) is 13.6. The van der Waals surface area contributed by atoms with Gasteiger partial charge in [0.1, 0.15) is 11.9 Å². The molecule has 28 heavy (non-hydrogen) atoms. The molecule has 1 aromatic carbocycles. The van der Waals surface area contributed by atoms with Crippen molar-refractivity contribution in [2.45, 2.75) is 18.4 Å². The minimum absolute atomic E-state index is 0.278. The van der Waals surface area contributed by atoms with Crippen LogP contribution in [0.3, 0.4) is 0 Å². The summed E-state index contributed by atoms with van der Waals surface area (Å²) in [5, 5.41) is 11.1. The summed E-state index contributed by atoms with van der Waals surface area (Å²) in [6, 6.07) is 2.20. The highest BCUT2D eigenvalue weighted by atomic mass is 19.4. The van der Waals surface area contributed by atoms with Gasteiger partial charge in [-0.1, -0.05) is 6.07 Å². The van der Waals surface area contributed by atoms with Crippen molar-refractivity contribution in [3.63, 3.8) is 0 Å². The van der Waals surface area contributed by atoms with Gasteiger partial charge in [0.15, 0.2) is 0 Å². The quantitative estimate of drug-likeness (QED) is 0.672. The van der Waals surface area contributed by atoms with Crippen molar-refractivity contribution in [2.24, 2.45) is 5.73 Å². The Bertz CT molecular complexity index is 911. The van der Waals surface area contributed by atoms with Gasteiger partial charge < -0.3 is 16.2 Å². The van der Waals surface area contributed by atoms with Crippen molar-refractivity contribution in [3.8, 4) is 0 Å². The molecule has 0 saturated heterocycles. The third kappa shape index (κ3) is 4.76. The molecule has 12 heteroatoms. The van der Waals surface area contributed by atoms with E-state index in [9.17, 15) is 35.9 Å². The Labute approximate surface area is 153 Å². The maximum atomic E-state index is 12.7. The smallest absolute Gasteiger partial charge is 0.416 e. The molecule has 0 aliphatic rings. The number of carbonyl (C=O) groups excluding carboxylic acids is 1. The fourth-order valence-electron chi connectivity index (χ4n) is 2.14. The number of hydrogen-bond acceptors (Lipinski definition) is 4. The van der Waals surface area contributed by atoms with Gasteiger partial charge in [0.25, 0.3) is 5.91 Å². The summed E-state index contributed by atoms with van der Waals surface area (Å²) in [6.07, 6.45) is -9.62. The number of aromatic carboxylic acids is 1. The fraction of sp³-hybridized carbons (Fsp3) is 0.188. The molecular weight excluding hydrogens is 396 g/mol. The largest absolute Gasteiger partial charge is 0.478 e. The van der Waals surface area contributed by atoms with Gasteiger partial charge in [-0.05, 0) is 30.3 Å². The van der Waals surface area contributed by atoms with Gasteiger partial charge in [-0.2, -0.15) is 26.3 Å². The number of carbonyl (C=O) groups is 2. The van der Waals surface area contributed by atoms with Crippen LogP contribution in [0.5, 0.6) is 0 Å². The number of rotatable bonds is 4. The Morgan fingerprint density at radius 2 is 1.68 bits per heavy atom. The zero-order valence-corrected chi connectivity index (χ0v) is 13.6. The van der Waals surface area contributed by atoms with Crippen LogP contribution >= 0.6 is 0 Å². The molecule has 6 nitrogen and oxygen atoms in total. The molecule has 4 N–H and O–H groups in total. The van der Waals surface area contributed by atoms with E-state index < -0.39 is 58.5 Å². The molecule has 0 radical (unpaired) electrons. The number of pyridine rings is 1. The summed E-state index contributed by atoms with van der Waals surface area (Å²) in [4.78, 5) is 27.0. The Balaban J connectivity index is 2.34. The van der Waals surface area contributed by atoms with E-state index in [0.717, 1.165) is 18.2 Å². The maximum absolute atomic E-state index is 12.7. The molecule has 1 atom stereocenters. The van der Waals surface area contributed by atoms with Crippen LogP contribution in [0.25, 0.3) is 0 Å². The Morgan fingerprint density at radius 1 is 1.04 bits per heavy atom. The number of anilines is 1. The minimum Gasteiger partial charge on any atom is -0.478 e. The van der Waals surface area contributed by atoms with Crippen LogP contribution in [0.4, 0.5) is 32.2 Å². The van der Waals surface area contributed by atoms with Gasteiger partial charge in [-0.15, -0.1) is 0 Å². The van der Waals surface area contributed by atoms with E-state index in [2.05, 4.69) is 4.98 Å². The second-order valence-electron chi connectivity index (χ2n) is 5.48. The monoisotopic (exact) mass is 407 g/mol. The lowest BCUT2D eigenvalue weighted by atomic mass is 10.0. The first-order chi connectivity index (χ1) is 12.8. The molecule has 0 saturated carbocycles. The molecular formula is C16H11F6N3O3. The van der Waals surface area contributed by atoms with Gasteiger partial charge in [0.2, 0.25) is 0 Å². The first kappa shape index (κ1) is 21.2. The molecule has 0 aliphatic carbocycles. The van der Waals surface area contributed by atoms with E-state index in [1.807, 2.05) is 5.32 Å². The van der Waals surface area contributed by atoms with Crippen LogP contribution in [0.15, 0.2) is 36.4 Å². The van der Waals surface area contributed by atoms with Crippen molar-refractivity contribution in [3.05, 3.63) is 58.8 Å². The molecule has 0 unspecified atom stereocenters. The van der Waals surface area contributed by atoms with Gasteiger partial charge in [0.05, 0.1) is 22.4 Å². The Morgan fingerprint density at radius 3 is 2.21 bits per heavy atom. The number of carboxylic acids is 1. The average molecular weight is 407 g/mol. The van der Waals surface area contributed by atoms with E-state index in [-0.39, 0.29) is 6.07 Å². The number of aromatic nitrogens is 1. The highest BCUT2D eigenvalue weighted by molar-refractivity contribution is 6.10. The second-order valence-corrected chi connectivity index (χ2v) is 5.48. The summed E-state index contributed by atoms with van der Waals surface area (Å²) in [5.74, 6) is -3.35. The number of alkyl halides is 6. The highest BCUT2D eigenvalue weighted by Gasteiger charge is 2.39. The first-order valence-electron chi connectivity index (χ1n) is 7.36. The summed E-state index contributed by atoms with van der Waals surface area (Å²) in [5.41, 5.74) is 1.56. The van der Waals surface area contributed by atoms with Crippen molar-refractivity contribution in [1.29, 1.82) is 0 Å². The third-order valence-electron chi connectivity index (χ3n) is 3.51. The molecule has 2 aromatic rings. The normalized spacial score (nSPS) is 13.1. The summed E-state index contributed by atoms with van der Waals surface area (Å²) >= 11 is 0. The van der Waals surface area contributed by atoms with Gasteiger partial charge in [-0.3, -0.25) is 4.79 Å². The second kappa shape index (κ2) is 7.46. The Hall–Kier alpha value is -3.15. The summed E-state index contributed by atoms with van der Waals surface area (Å²) in [6.45, 7) is 0. The number of amides is 1. The fourth-order valence-corrected chi connectivity index (χ4v) is 2.14. The molecule has 150 valence electrons. The van der Waals surface area contributed by atoms with Crippen molar-refractivity contribution < 1.29 is 41.0 Å². The minimum atomic E-state index is -4.83. The molecule has 0 aliphatic heterocycles. The van der Waals surface area contributed by atoms with Gasteiger partial charge >= 0.3 is 18.3 Å². The Kier molecular flexibility index (Phi) is 5.64. The lowest BCUT2D eigenvalue weighted by Gasteiger charge is -2.16. The van der Waals surface area contributed by atoms with Gasteiger partial charge in [0, 0.05) is 0 Å². The standard InChI is InChI=1S/C16H11F6N3O3/c17-15(18,19)7-4-5-8(9(6-7)14(27)28)13(26)25-11-3-1-2-10(24-11)12(23)16(20,21)22/h1-6,12H,23H2,(H,27,28)(H,24,25,26)/t12-/m0/s1. The first-order valence-corrected chi connectivity index (χ1v) is 7.36. The van der Waals surface area contributed by atoms with E-state index in [0.29, 0.717) is 12.1 Å². The number of carboxylic acid groups (broad SMARTS) is 1. The topological polar surface area (TPSA) is 105 Å². The lowest BCUT2D eigenvalue weighted by molar-refractivity contribution is -0.150. The summed E-state index contributed by atoms with van der Waals surface area (Å²) < 4.78 is 76.1. The number of hydrogen-bond donors (Lipinski definition) is 3. The number of nitrogens with zero attached hydrogens (tertiary/aromatic N) is 1. The molecule has 1 amide bonds. The summed E-state index contributed by atoms with van der Waals surface area (Å²) in [7, 11) is 0. The number of benzene rings is 1. The molecule has 0 fully saturated rings. The van der Waals surface area contributed by atoms with Crippen LogP contribution < -0.4 is 11.1 Å². The molecule has 1 heterocycles.